The molecule has 0 saturated heterocycles. The minimum Gasteiger partial charge on any atom is -0.457 e. The van der Waals surface area contributed by atoms with E-state index in [-0.39, 0.29) is 16.8 Å². The maximum absolute atomic E-state index is 13.1. The van der Waals surface area contributed by atoms with Crippen LogP contribution in [0.1, 0.15) is 12.6 Å². The lowest BCUT2D eigenvalue weighted by Crippen LogP contribution is -2.21. The fraction of sp³-hybridized carbons (Fsp3) is 0.222. The number of aromatic nitrogens is 1. The third-order valence-electron chi connectivity index (χ3n) is 1.61. The molecule has 0 N–H and O–H groups in total. The van der Waals surface area contributed by atoms with Gasteiger partial charge in [0.15, 0.2) is 5.69 Å². The van der Waals surface area contributed by atoms with Crippen LogP contribution in [0.2, 0.25) is 0 Å². The highest BCUT2D eigenvalue weighted by Crippen LogP contribution is 2.13. The van der Waals surface area contributed by atoms with Gasteiger partial charge in [-0.2, -0.15) is 9.18 Å². The molecule has 0 aliphatic carbocycles. The summed E-state index contributed by atoms with van der Waals surface area (Å²) in [7, 11) is 0. The van der Waals surface area contributed by atoms with Crippen LogP contribution < -0.4 is 0 Å². The fourth-order valence-corrected chi connectivity index (χ4v) is 1.17. The van der Waals surface area contributed by atoms with Crippen molar-refractivity contribution in [2.24, 2.45) is 0 Å². The number of pyridine rings is 1. The molecule has 84 valence electrons. The molecule has 0 aliphatic heterocycles. The molecule has 1 aromatic rings. The zero-order valence-electron chi connectivity index (χ0n) is 8.28. The Morgan fingerprint density at radius 1 is 1.69 bits per heavy atom. The Morgan fingerprint density at radius 2 is 2.38 bits per heavy atom. The number of hydrogen-bond acceptors (Lipinski definition) is 3. The van der Waals surface area contributed by atoms with Crippen LogP contribution >= 0.6 is 15.9 Å². The van der Waals surface area contributed by atoms with Crippen molar-refractivity contribution in [2.75, 3.05) is 6.61 Å². The first-order valence-electron chi connectivity index (χ1n) is 4.31. The maximum Gasteiger partial charge on any atom is 0.424 e. The lowest BCUT2D eigenvalue weighted by atomic mass is 10.2. The maximum atomic E-state index is 13.1. The van der Waals surface area contributed by atoms with Gasteiger partial charge in [-0.15, -0.1) is 0 Å². The first-order chi connectivity index (χ1) is 7.60. The standard InChI is InChI=1S/C9H7BrFN3O2/c1-2-16-9(15)7(14-12)6-4-3-5(10)8(11)13-6/h3-4H,2H2,1H3. The quantitative estimate of drug-likeness (QED) is 0.278. The number of ether oxygens (including phenoxy) is 1. The van der Waals surface area contributed by atoms with E-state index in [0.717, 1.165) is 0 Å². The van der Waals surface area contributed by atoms with Gasteiger partial charge < -0.3 is 10.3 Å². The molecule has 0 aromatic carbocycles. The largest absolute Gasteiger partial charge is 0.457 e. The highest BCUT2D eigenvalue weighted by molar-refractivity contribution is 9.10. The Morgan fingerprint density at radius 3 is 2.88 bits per heavy atom. The summed E-state index contributed by atoms with van der Waals surface area (Å²) in [5.74, 6) is -1.66. The van der Waals surface area contributed by atoms with Gasteiger partial charge in [0.05, 0.1) is 11.1 Å². The van der Waals surface area contributed by atoms with Gasteiger partial charge in [0.2, 0.25) is 5.95 Å². The van der Waals surface area contributed by atoms with Gasteiger partial charge in [-0.25, -0.2) is 9.78 Å². The Kier molecular flexibility index (Phi) is 4.28. The van der Waals surface area contributed by atoms with E-state index < -0.39 is 17.6 Å². The number of halogens is 2. The normalized spacial score (nSPS) is 9.44. The van der Waals surface area contributed by atoms with Gasteiger partial charge in [0, 0.05) is 0 Å². The second-order valence-corrected chi connectivity index (χ2v) is 3.49. The van der Waals surface area contributed by atoms with Crippen molar-refractivity contribution in [3.05, 3.63) is 33.8 Å². The Bertz CT molecular complexity index is 472. The smallest absolute Gasteiger partial charge is 0.424 e. The average Bonchev–Trinajstić information content (AvgIpc) is 2.25. The summed E-state index contributed by atoms with van der Waals surface area (Å²) in [6.45, 7) is 1.72. The second-order valence-electron chi connectivity index (χ2n) is 2.64. The van der Waals surface area contributed by atoms with Crippen LogP contribution in [0.4, 0.5) is 4.39 Å². The highest BCUT2D eigenvalue weighted by Gasteiger charge is 2.26. The topological polar surface area (TPSA) is 75.6 Å². The number of nitrogens with zero attached hydrogens (tertiary/aromatic N) is 3. The predicted molar refractivity (Wildman–Crippen MR) is 56.3 cm³/mol. The van der Waals surface area contributed by atoms with Crippen LogP contribution in [0, 0.1) is 5.95 Å². The predicted octanol–water partition coefficient (Wildman–Crippen LogP) is 1.57. The molecule has 0 saturated carbocycles. The fourth-order valence-electron chi connectivity index (χ4n) is 0.945. The molecule has 16 heavy (non-hydrogen) atoms. The Labute approximate surface area is 99.0 Å². The van der Waals surface area contributed by atoms with Crippen LogP contribution in [-0.4, -0.2) is 28.1 Å². The lowest BCUT2D eigenvalue weighted by molar-refractivity contribution is -0.139. The van der Waals surface area contributed by atoms with E-state index in [9.17, 15) is 9.18 Å². The Balaban J connectivity index is 3.11. The van der Waals surface area contributed by atoms with Crippen molar-refractivity contribution in [1.29, 1.82) is 0 Å². The van der Waals surface area contributed by atoms with Crippen molar-refractivity contribution in [2.45, 2.75) is 6.92 Å². The monoisotopic (exact) mass is 287 g/mol. The minimum atomic E-state index is -0.862. The van der Waals surface area contributed by atoms with E-state index in [0.29, 0.717) is 0 Å². The third kappa shape index (κ3) is 2.71. The van der Waals surface area contributed by atoms with Crippen LogP contribution in [-0.2, 0) is 9.53 Å². The van der Waals surface area contributed by atoms with E-state index in [1.54, 1.807) is 6.92 Å². The Hall–Kier alpha value is -1.59. The molecule has 0 spiro atoms. The molecule has 5 nitrogen and oxygen atoms in total. The first-order valence-corrected chi connectivity index (χ1v) is 5.11. The van der Waals surface area contributed by atoms with Gasteiger partial charge in [0.1, 0.15) is 0 Å². The van der Waals surface area contributed by atoms with Gasteiger partial charge >= 0.3 is 11.7 Å². The summed E-state index contributed by atoms with van der Waals surface area (Å²) in [5.41, 5.74) is 8.12. The number of hydrogen-bond donors (Lipinski definition) is 0. The molecule has 7 heteroatoms. The summed E-state index contributed by atoms with van der Waals surface area (Å²) in [6, 6.07) is 2.68. The van der Waals surface area contributed by atoms with Gasteiger partial charge in [0.25, 0.3) is 0 Å². The van der Waals surface area contributed by atoms with E-state index in [2.05, 4.69) is 30.4 Å². The van der Waals surface area contributed by atoms with E-state index >= 15 is 0 Å². The molecule has 0 radical (unpaired) electrons. The molecule has 0 aliphatic rings. The van der Waals surface area contributed by atoms with Crippen LogP contribution in [0.3, 0.4) is 0 Å². The van der Waals surface area contributed by atoms with E-state index in [1.807, 2.05) is 0 Å². The molecule has 0 fully saturated rings. The molecule has 1 rings (SSSR count). The van der Waals surface area contributed by atoms with Crippen molar-refractivity contribution in [3.8, 4) is 0 Å². The second kappa shape index (κ2) is 5.48. The van der Waals surface area contributed by atoms with E-state index in [4.69, 9.17) is 5.53 Å². The molecular weight excluding hydrogens is 281 g/mol. The molecule has 0 atom stereocenters. The zero-order chi connectivity index (χ0) is 12.1. The minimum absolute atomic E-state index is 0.0957. The van der Waals surface area contributed by atoms with Crippen LogP contribution in [0.15, 0.2) is 16.6 Å². The summed E-state index contributed by atoms with van der Waals surface area (Å²) >= 11 is 2.91. The summed E-state index contributed by atoms with van der Waals surface area (Å²) in [5, 5.41) is 0. The SMILES string of the molecule is CCOC(=O)C(=[N+]=[N-])c1ccc(Br)c(F)n1. The molecule has 0 amide bonds. The van der Waals surface area contributed by atoms with Gasteiger partial charge in [-0.3, -0.25) is 0 Å². The average molecular weight is 288 g/mol. The molecule has 0 bridgehead atoms. The molecule has 1 heterocycles. The lowest BCUT2D eigenvalue weighted by Gasteiger charge is -1.98. The van der Waals surface area contributed by atoms with Gasteiger partial charge in [-0.05, 0) is 35.0 Å². The van der Waals surface area contributed by atoms with Crippen molar-refractivity contribution in [3.63, 3.8) is 0 Å². The number of esters is 1. The summed E-state index contributed by atoms with van der Waals surface area (Å²) < 4.78 is 17.8. The number of carbonyl (C=O) groups excluding carboxylic acids is 1. The molecule has 0 unspecified atom stereocenters. The number of carbonyl (C=O) groups is 1. The van der Waals surface area contributed by atoms with Gasteiger partial charge in [-0.1, -0.05) is 0 Å². The van der Waals surface area contributed by atoms with Crippen LogP contribution in [0.25, 0.3) is 5.53 Å². The number of rotatable bonds is 3. The van der Waals surface area contributed by atoms with Crippen molar-refractivity contribution < 1.29 is 18.7 Å². The summed E-state index contributed by atoms with van der Waals surface area (Å²) in [6.07, 6.45) is 0. The first kappa shape index (κ1) is 12.5. The molecular formula is C9H7BrFN3O2. The van der Waals surface area contributed by atoms with Crippen molar-refractivity contribution in [1.82, 2.24) is 4.98 Å². The highest BCUT2D eigenvalue weighted by atomic mass is 79.9. The third-order valence-corrected chi connectivity index (χ3v) is 2.21. The molecule has 1 aromatic heterocycles. The van der Waals surface area contributed by atoms with Crippen LogP contribution in [0.5, 0.6) is 0 Å². The van der Waals surface area contributed by atoms with Crippen molar-refractivity contribution >= 4 is 27.6 Å². The van der Waals surface area contributed by atoms with E-state index in [1.165, 1.54) is 12.1 Å². The zero-order valence-corrected chi connectivity index (χ0v) is 9.86. The summed E-state index contributed by atoms with van der Waals surface area (Å²) in [4.78, 5) is 17.5.